The van der Waals surface area contributed by atoms with Crippen molar-refractivity contribution in [2.24, 2.45) is 4.40 Å². The van der Waals surface area contributed by atoms with Crippen molar-refractivity contribution in [2.75, 3.05) is 5.32 Å². The van der Waals surface area contributed by atoms with Crippen molar-refractivity contribution >= 4 is 45.1 Å². The number of ether oxygens (including phenoxy) is 1. The van der Waals surface area contributed by atoms with Gasteiger partial charge in [0, 0.05) is 5.69 Å². The summed E-state index contributed by atoms with van der Waals surface area (Å²) in [6.07, 6.45) is -0.385. The Kier molecular flexibility index (Phi) is 8.21. The maximum atomic E-state index is 14.5. The summed E-state index contributed by atoms with van der Waals surface area (Å²) < 4.78 is 48.8. The second-order valence-electron chi connectivity index (χ2n) is 7.44. The van der Waals surface area contributed by atoms with Crippen molar-refractivity contribution in [3.63, 3.8) is 0 Å². The van der Waals surface area contributed by atoms with Crippen LogP contribution in [0.4, 0.5) is 14.9 Å². The van der Waals surface area contributed by atoms with Crippen LogP contribution in [0.5, 0.6) is 0 Å². The van der Waals surface area contributed by atoms with E-state index >= 15 is 0 Å². The summed E-state index contributed by atoms with van der Waals surface area (Å²) in [5.41, 5.74) is -0.0614. The molecule has 2 amide bonds. The number of carbonyl (C=O) groups excluding carboxylic acids is 2. The Hall–Kier alpha value is -3.76. The molecule has 0 saturated carbocycles. The highest BCUT2D eigenvalue weighted by molar-refractivity contribution is 7.90. The van der Waals surface area contributed by atoms with Crippen LogP contribution in [-0.2, 0) is 14.8 Å². The summed E-state index contributed by atoms with van der Waals surface area (Å²) in [4.78, 5) is 24.8. The first-order chi connectivity index (χ1) is 16.6. The molecule has 35 heavy (non-hydrogen) atoms. The van der Waals surface area contributed by atoms with Crippen LogP contribution in [0.2, 0.25) is 5.02 Å². The van der Waals surface area contributed by atoms with E-state index in [4.69, 9.17) is 16.3 Å². The molecule has 0 bridgehead atoms. The van der Waals surface area contributed by atoms with Crippen molar-refractivity contribution < 1.29 is 27.1 Å². The van der Waals surface area contributed by atoms with E-state index in [0.717, 1.165) is 6.07 Å². The van der Waals surface area contributed by atoms with Crippen LogP contribution in [-0.4, -0.2) is 32.4 Å². The first kappa shape index (κ1) is 25.9. The number of hydrogen-bond acceptors (Lipinski definition) is 5. The maximum absolute atomic E-state index is 14.5. The maximum Gasteiger partial charge on any atom is 0.339 e. The number of hydrogen-bond donors (Lipinski definition) is 2. The van der Waals surface area contributed by atoms with Gasteiger partial charge >= 0.3 is 12.0 Å². The first-order valence-electron chi connectivity index (χ1n) is 10.3. The number of amides is 2. The Labute approximate surface area is 206 Å². The first-order valence-corrected chi connectivity index (χ1v) is 12.1. The number of nitrogens with one attached hydrogen (secondary N) is 2. The normalized spacial score (nSPS) is 11.7. The zero-order valence-electron chi connectivity index (χ0n) is 18.7. The minimum absolute atomic E-state index is 0.0211. The lowest BCUT2D eigenvalue weighted by Gasteiger charge is -2.13. The topological polar surface area (TPSA) is 114 Å². The highest BCUT2D eigenvalue weighted by Gasteiger charge is 2.20. The van der Waals surface area contributed by atoms with Crippen molar-refractivity contribution in [3.8, 4) is 0 Å². The van der Waals surface area contributed by atoms with Gasteiger partial charge in [-0.2, -0.15) is 8.42 Å². The molecule has 0 saturated heterocycles. The Morgan fingerprint density at radius 3 is 2.29 bits per heavy atom. The number of rotatable bonds is 6. The summed E-state index contributed by atoms with van der Waals surface area (Å²) in [6, 6.07) is 15.7. The Balaban J connectivity index is 1.91. The molecule has 0 fully saturated rings. The zero-order valence-corrected chi connectivity index (χ0v) is 20.2. The van der Waals surface area contributed by atoms with E-state index in [1.807, 2.05) is 0 Å². The molecule has 182 valence electrons. The van der Waals surface area contributed by atoms with E-state index in [-0.39, 0.29) is 32.8 Å². The van der Waals surface area contributed by atoms with Crippen molar-refractivity contribution in [2.45, 2.75) is 24.8 Å². The zero-order chi connectivity index (χ0) is 25.6. The molecule has 0 spiro atoms. The lowest BCUT2D eigenvalue weighted by molar-refractivity contribution is 0.0378. The van der Waals surface area contributed by atoms with Gasteiger partial charge in [-0.1, -0.05) is 41.9 Å². The average Bonchev–Trinajstić information content (AvgIpc) is 2.80. The van der Waals surface area contributed by atoms with Crippen LogP contribution in [0.1, 0.15) is 29.8 Å². The van der Waals surface area contributed by atoms with Gasteiger partial charge in [0.25, 0.3) is 10.0 Å². The fraction of sp³-hybridized carbons (Fsp3) is 0.125. The van der Waals surface area contributed by atoms with Gasteiger partial charge in [-0.15, -0.1) is 4.40 Å². The Bertz CT molecular complexity index is 1380. The van der Waals surface area contributed by atoms with Gasteiger partial charge in [0.2, 0.25) is 0 Å². The van der Waals surface area contributed by atoms with Gasteiger partial charge in [0.05, 0.1) is 27.1 Å². The van der Waals surface area contributed by atoms with Gasteiger partial charge in [0.1, 0.15) is 5.82 Å². The molecule has 0 unspecified atom stereocenters. The number of carbonyl (C=O) groups is 2. The molecule has 0 aliphatic rings. The van der Waals surface area contributed by atoms with E-state index < -0.39 is 33.7 Å². The smallest absolute Gasteiger partial charge is 0.339 e. The van der Waals surface area contributed by atoms with E-state index in [0.29, 0.717) is 0 Å². The summed E-state index contributed by atoms with van der Waals surface area (Å²) in [5, 5.41) is 4.84. The van der Waals surface area contributed by atoms with E-state index in [1.54, 1.807) is 19.9 Å². The molecule has 0 radical (unpaired) electrons. The molecule has 0 aliphatic carbocycles. The third-order valence-corrected chi connectivity index (χ3v) is 6.02. The number of anilines is 1. The molecule has 0 atom stereocenters. The number of sulfonamides is 1. The highest BCUT2D eigenvalue weighted by Crippen LogP contribution is 2.22. The third kappa shape index (κ3) is 6.87. The largest absolute Gasteiger partial charge is 0.459 e. The van der Waals surface area contributed by atoms with Crippen LogP contribution in [0.25, 0.3) is 0 Å². The lowest BCUT2D eigenvalue weighted by Crippen LogP contribution is -2.36. The fourth-order valence-corrected chi connectivity index (χ4v) is 4.05. The number of amidine groups is 1. The van der Waals surface area contributed by atoms with E-state index in [2.05, 4.69) is 15.0 Å². The molecular formula is C24H21ClFN3O5S. The van der Waals surface area contributed by atoms with Crippen LogP contribution in [0, 0.1) is 5.82 Å². The van der Waals surface area contributed by atoms with Gasteiger partial charge in [-0.25, -0.2) is 14.0 Å². The van der Waals surface area contributed by atoms with Crippen molar-refractivity contribution in [1.82, 2.24) is 5.32 Å². The second kappa shape index (κ2) is 11.1. The molecule has 0 aromatic heterocycles. The number of urea groups is 1. The fourth-order valence-electron chi connectivity index (χ4n) is 2.86. The predicted molar refractivity (Wildman–Crippen MR) is 131 cm³/mol. The van der Waals surface area contributed by atoms with E-state index in [1.165, 1.54) is 60.7 Å². The van der Waals surface area contributed by atoms with Crippen LogP contribution in [0.15, 0.2) is 82.1 Å². The molecule has 3 rings (SSSR count). The molecular weight excluding hydrogens is 497 g/mol. The molecule has 11 heteroatoms. The predicted octanol–water partition coefficient (Wildman–Crippen LogP) is 5.00. The molecule has 0 heterocycles. The standard InChI is InChI=1S/C24H21ClFN3O5S/c1-15(2)34-23(30)19-14-16(12-13-20(19)25)27-24(31)28-22(18-10-6-7-11-21(18)26)29-35(32,33)17-8-4-3-5-9-17/h3-15H,1-2H3,(H2,27,28,29,31). The van der Waals surface area contributed by atoms with Gasteiger partial charge in [-0.05, 0) is 56.3 Å². The SMILES string of the molecule is CC(C)OC(=O)c1cc(NC(=O)N/C(=N\S(=O)(=O)c2ccccc2)c2ccccc2F)ccc1Cl. The summed E-state index contributed by atoms with van der Waals surface area (Å²) >= 11 is 6.07. The molecule has 3 aromatic rings. The summed E-state index contributed by atoms with van der Waals surface area (Å²) in [7, 11) is -4.28. The van der Waals surface area contributed by atoms with E-state index in [9.17, 15) is 22.4 Å². The van der Waals surface area contributed by atoms with Crippen molar-refractivity contribution in [3.05, 3.63) is 94.8 Å². The van der Waals surface area contributed by atoms with Crippen LogP contribution in [0.3, 0.4) is 0 Å². The highest BCUT2D eigenvalue weighted by atomic mass is 35.5. The molecule has 3 aromatic carbocycles. The van der Waals surface area contributed by atoms with Gasteiger partial charge in [-0.3, -0.25) is 5.32 Å². The number of nitrogens with zero attached hydrogens (tertiary/aromatic N) is 1. The number of esters is 1. The van der Waals surface area contributed by atoms with Crippen molar-refractivity contribution in [1.29, 1.82) is 0 Å². The van der Waals surface area contributed by atoms with Crippen LogP contribution < -0.4 is 10.6 Å². The summed E-state index contributed by atoms with van der Waals surface area (Å²) in [6.45, 7) is 3.35. The lowest BCUT2D eigenvalue weighted by atomic mass is 10.2. The van der Waals surface area contributed by atoms with Gasteiger partial charge in [0.15, 0.2) is 5.84 Å². The minimum atomic E-state index is -4.28. The van der Waals surface area contributed by atoms with Gasteiger partial charge < -0.3 is 10.1 Å². The molecule has 0 aliphatic heterocycles. The summed E-state index contributed by atoms with van der Waals surface area (Å²) in [5.74, 6) is -2.01. The number of halogens is 2. The van der Waals surface area contributed by atoms with Crippen LogP contribution >= 0.6 is 11.6 Å². The number of benzene rings is 3. The molecule has 2 N–H and O–H groups in total. The average molecular weight is 518 g/mol. The minimum Gasteiger partial charge on any atom is -0.459 e. The Morgan fingerprint density at radius 2 is 1.63 bits per heavy atom. The molecule has 8 nitrogen and oxygen atoms in total. The quantitative estimate of drug-likeness (QED) is 0.271. The third-order valence-electron chi connectivity index (χ3n) is 4.40. The second-order valence-corrected chi connectivity index (χ2v) is 9.45. The Morgan fingerprint density at radius 1 is 0.971 bits per heavy atom. The monoisotopic (exact) mass is 517 g/mol.